The lowest BCUT2D eigenvalue weighted by Gasteiger charge is -2.11. The molecule has 0 N–H and O–H groups in total. The summed E-state index contributed by atoms with van der Waals surface area (Å²) in [5.41, 5.74) is 0. The number of alkyl halides is 3. The van der Waals surface area contributed by atoms with Crippen LogP contribution in [0.4, 0.5) is 0 Å². The highest BCUT2D eigenvalue weighted by molar-refractivity contribution is 6.67. The first-order chi connectivity index (χ1) is 5.81. The molecular formula is C6H6Cl3O4-. The average molecular weight is 248 g/mol. The Morgan fingerprint density at radius 1 is 1.23 bits per heavy atom. The van der Waals surface area contributed by atoms with Gasteiger partial charge in [0.05, 0.1) is 6.42 Å². The molecule has 0 aliphatic carbocycles. The molecule has 0 saturated carbocycles. The van der Waals surface area contributed by atoms with Crippen molar-refractivity contribution in [1.29, 1.82) is 0 Å². The minimum Gasteiger partial charge on any atom is -0.550 e. The SMILES string of the molecule is O=C([O-])CCC(=O)OCC(Cl)(Cl)Cl. The van der Waals surface area contributed by atoms with Crippen LogP contribution < -0.4 is 5.11 Å². The minimum atomic E-state index is -1.67. The molecule has 7 heteroatoms. The van der Waals surface area contributed by atoms with Gasteiger partial charge < -0.3 is 14.6 Å². The first-order valence-corrected chi connectivity index (χ1v) is 4.37. The number of carbonyl (C=O) groups excluding carboxylic acids is 2. The van der Waals surface area contributed by atoms with Crippen molar-refractivity contribution in [1.82, 2.24) is 0 Å². The number of rotatable bonds is 4. The maximum atomic E-state index is 10.7. The first kappa shape index (κ1) is 12.8. The van der Waals surface area contributed by atoms with Gasteiger partial charge in [0.1, 0.15) is 6.61 Å². The Balaban J connectivity index is 3.58. The summed E-state index contributed by atoms with van der Waals surface area (Å²) in [6.45, 7) is -0.399. The van der Waals surface area contributed by atoms with Crippen molar-refractivity contribution in [2.24, 2.45) is 0 Å². The van der Waals surface area contributed by atoms with Crippen LogP contribution in [-0.4, -0.2) is 22.3 Å². The van der Waals surface area contributed by atoms with Crippen molar-refractivity contribution in [2.45, 2.75) is 16.6 Å². The van der Waals surface area contributed by atoms with Crippen molar-refractivity contribution < 1.29 is 19.4 Å². The molecular weight excluding hydrogens is 242 g/mol. The third-order valence-electron chi connectivity index (χ3n) is 0.930. The van der Waals surface area contributed by atoms with Crippen molar-refractivity contribution in [3.63, 3.8) is 0 Å². The molecule has 0 spiro atoms. The van der Waals surface area contributed by atoms with Crippen LogP contribution in [-0.2, 0) is 14.3 Å². The van der Waals surface area contributed by atoms with Crippen LogP contribution in [0.5, 0.6) is 0 Å². The maximum Gasteiger partial charge on any atom is 0.306 e. The lowest BCUT2D eigenvalue weighted by molar-refractivity contribution is -0.305. The zero-order chi connectivity index (χ0) is 10.5. The summed E-state index contributed by atoms with van der Waals surface area (Å²) in [4.78, 5) is 20.6. The van der Waals surface area contributed by atoms with E-state index in [1.54, 1.807) is 0 Å². The molecule has 0 radical (unpaired) electrons. The summed E-state index contributed by atoms with van der Waals surface area (Å²) >= 11 is 15.8. The third kappa shape index (κ3) is 9.73. The van der Waals surface area contributed by atoms with Gasteiger partial charge in [0.25, 0.3) is 0 Å². The van der Waals surface area contributed by atoms with Crippen molar-refractivity contribution >= 4 is 46.7 Å². The van der Waals surface area contributed by atoms with Gasteiger partial charge in [-0.1, -0.05) is 34.8 Å². The number of carboxylic acids is 1. The summed E-state index contributed by atoms with van der Waals surface area (Å²) in [5, 5.41) is 9.91. The second-order valence-electron chi connectivity index (χ2n) is 2.15. The summed E-state index contributed by atoms with van der Waals surface area (Å²) in [7, 11) is 0. The van der Waals surface area contributed by atoms with E-state index in [4.69, 9.17) is 34.8 Å². The number of hydrogen-bond donors (Lipinski definition) is 0. The molecule has 0 heterocycles. The standard InChI is InChI=1S/C6H7Cl3O4/c7-6(8,9)3-13-5(12)2-1-4(10)11/h1-3H2,(H,10,11)/p-1. The van der Waals surface area contributed by atoms with E-state index in [9.17, 15) is 14.7 Å². The highest BCUT2D eigenvalue weighted by atomic mass is 35.6. The second kappa shape index (κ2) is 5.52. The minimum absolute atomic E-state index is 0.289. The second-order valence-corrected chi connectivity index (χ2v) is 4.66. The lowest BCUT2D eigenvalue weighted by Crippen LogP contribution is -2.24. The average Bonchev–Trinajstić information content (AvgIpc) is 1.95. The van der Waals surface area contributed by atoms with Gasteiger partial charge in [0.15, 0.2) is 0 Å². The van der Waals surface area contributed by atoms with E-state index >= 15 is 0 Å². The maximum absolute atomic E-state index is 10.7. The van der Waals surface area contributed by atoms with E-state index in [2.05, 4.69) is 4.74 Å². The van der Waals surface area contributed by atoms with Gasteiger partial charge in [-0.05, 0) is 6.42 Å². The van der Waals surface area contributed by atoms with Gasteiger partial charge in [-0.15, -0.1) is 0 Å². The van der Waals surface area contributed by atoms with Gasteiger partial charge in [-0.3, -0.25) is 4.79 Å². The van der Waals surface area contributed by atoms with Crippen LogP contribution in [0.25, 0.3) is 0 Å². The van der Waals surface area contributed by atoms with E-state index < -0.39 is 28.8 Å². The van der Waals surface area contributed by atoms with Crippen LogP contribution in [0.1, 0.15) is 12.8 Å². The molecule has 0 aliphatic heterocycles. The smallest absolute Gasteiger partial charge is 0.306 e. The summed E-state index contributed by atoms with van der Waals surface area (Å²) < 4.78 is 2.76. The van der Waals surface area contributed by atoms with Crippen LogP contribution in [0.15, 0.2) is 0 Å². The van der Waals surface area contributed by atoms with E-state index in [0.29, 0.717) is 0 Å². The molecule has 0 amide bonds. The Morgan fingerprint density at radius 3 is 2.15 bits per heavy atom. The number of carboxylic acid groups (broad SMARTS) is 1. The number of aliphatic carboxylic acids is 1. The zero-order valence-electron chi connectivity index (χ0n) is 6.39. The molecule has 0 atom stereocenters. The predicted octanol–water partition coefficient (Wildman–Crippen LogP) is 0.430. The highest BCUT2D eigenvalue weighted by Crippen LogP contribution is 2.25. The zero-order valence-corrected chi connectivity index (χ0v) is 8.66. The molecule has 0 unspecified atom stereocenters. The lowest BCUT2D eigenvalue weighted by atomic mass is 10.3. The van der Waals surface area contributed by atoms with Gasteiger partial charge in [0.2, 0.25) is 3.79 Å². The molecule has 4 nitrogen and oxygen atoms in total. The van der Waals surface area contributed by atoms with Crippen molar-refractivity contribution in [2.75, 3.05) is 6.61 Å². The van der Waals surface area contributed by atoms with Crippen LogP contribution in [0.2, 0.25) is 0 Å². The Kier molecular flexibility index (Phi) is 5.44. The summed E-state index contributed by atoms with van der Waals surface area (Å²) in [6.07, 6.45) is -0.693. The molecule has 0 fully saturated rings. The molecule has 0 aliphatic rings. The molecule has 0 saturated heterocycles. The Bertz CT molecular complexity index is 199. The molecule has 0 aromatic rings. The van der Waals surface area contributed by atoms with Gasteiger partial charge in [0, 0.05) is 5.97 Å². The van der Waals surface area contributed by atoms with Crippen LogP contribution in [0, 0.1) is 0 Å². The number of halogens is 3. The fraction of sp³-hybridized carbons (Fsp3) is 0.667. The van der Waals surface area contributed by atoms with E-state index in [0.717, 1.165) is 0 Å². The summed E-state index contributed by atoms with van der Waals surface area (Å²) in [5.74, 6) is -2.07. The molecule has 76 valence electrons. The molecule has 0 aromatic heterocycles. The van der Waals surface area contributed by atoms with Gasteiger partial charge in [-0.25, -0.2) is 0 Å². The molecule has 0 bridgehead atoms. The van der Waals surface area contributed by atoms with Gasteiger partial charge in [-0.2, -0.15) is 0 Å². The Hall–Kier alpha value is -0.190. The quantitative estimate of drug-likeness (QED) is 0.534. The number of carbonyl (C=O) groups is 2. The fourth-order valence-electron chi connectivity index (χ4n) is 0.439. The van der Waals surface area contributed by atoms with Crippen molar-refractivity contribution in [3.8, 4) is 0 Å². The highest BCUT2D eigenvalue weighted by Gasteiger charge is 2.21. The van der Waals surface area contributed by atoms with E-state index in [1.165, 1.54) is 0 Å². The topological polar surface area (TPSA) is 66.4 Å². The molecule has 13 heavy (non-hydrogen) atoms. The monoisotopic (exact) mass is 247 g/mol. The Morgan fingerprint density at radius 2 is 1.77 bits per heavy atom. The van der Waals surface area contributed by atoms with Crippen molar-refractivity contribution in [3.05, 3.63) is 0 Å². The molecule has 0 aromatic carbocycles. The van der Waals surface area contributed by atoms with Crippen LogP contribution >= 0.6 is 34.8 Å². The number of ether oxygens (including phenoxy) is 1. The number of hydrogen-bond acceptors (Lipinski definition) is 4. The molecule has 0 rings (SSSR count). The normalized spacial score (nSPS) is 11.0. The summed E-state index contributed by atoms with van der Waals surface area (Å²) in [6, 6.07) is 0. The van der Waals surface area contributed by atoms with E-state index in [-0.39, 0.29) is 6.42 Å². The first-order valence-electron chi connectivity index (χ1n) is 3.23. The predicted molar refractivity (Wildman–Crippen MR) is 45.5 cm³/mol. The third-order valence-corrected chi connectivity index (χ3v) is 1.26. The van der Waals surface area contributed by atoms with Gasteiger partial charge >= 0.3 is 5.97 Å². The largest absolute Gasteiger partial charge is 0.550 e. The van der Waals surface area contributed by atoms with Crippen LogP contribution in [0.3, 0.4) is 0 Å². The number of esters is 1. The Labute approximate surface area is 89.7 Å². The van der Waals surface area contributed by atoms with E-state index in [1.807, 2.05) is 0 Å². The fourth-order valence-corrected chi connectivity index (χ4v) is 0.602.